The summed E-state index contributed by atoms with van der Waals surface area (Å²) < 4.78 is 39.1. The van der Waals surface area contributed by atoms with E-state index in [1.165, 1.54) is 17.7 Å². The fourth-order valence-electron chi connectivity index (χ4n) is 4.24. The first-order valence-electron chi connectivity index (χ1n) is 11.5. The fraction of sp³-hybridized carbons (Fsp3) is 0.269. The number of nitrogens with one attached hydrogen (secondary N) is 1. The van der Waals surface area contributed by atoms with Crippen LogP contribution in [-0.2, 0) is 23.1 Å². The number of hydrogen-bond donors (Lipinski definition) is 1. The Morgan fingerprint density at radius 3 is 2.40 bits per heavy atom. The van der Waals surface area contributed by atoms with Gasteiger partial charge in [0.25, 0.3) is 5.91 Å². The highest BCUT2D eigenvalue weighted by Gasteiger charge is 2.24. The minimum atomic E-state index is -3.80. The fourth-order valence-corrected chi connectivity index (χ4v) is 5.31. The number of ether oxygens (including phenoxy) is 2. The van der Waals surface area contributed by atoms with E-state index in [1.807, 2.05) is 18.2 Å². The molecule has 2 heterocycles. The van der Waals surface area contributed by atoms with E-state index < -0.39 is 10.0 Å². The zero-order valence-electron chi connectivity index (χ0n) is 19.2. The summed E-state index contributed by atoms with van der Waals surface area (Å²) in [5.41, 5.74) is 2.37. The molecule has 0 atom stereocenters. The molecule has 0 radical (unpaired) electrons. The van der Waals surface area contributed by atoms with E-state index in [-0.39, 0.29) is 24.1 Å². The van der Waals surface area contributed by atoms with E-state index in [9.17, 15) is 13.2 Å². The molecule has 1 amide bonds. The molecule has 0 spiro atoms. The zero-order chi connectivity index (χ0) is 24.3. The van der Waals surface area contributed by atoms with Crippen LogP contribution in [0.25, 0.3) is 0 Å². The minimum absolute atomic E-state index is 0.0619. The number of carbonyl (C=O) groups is 1. The Hall–Kier alpha value is -3.40. The molecule has 1 N–H and O–H groups in total. The van der Waals surface area contributed by atoms with E-state index in [4.69, 9.17) is 9.47 Å². The van der Waals surface area contributed by atoms with E-state index in [2.05, 4.69) is 21.8 Å². The van der Waals surface area contributed by atoms with Crippen molar-refractivity contribution in [3.05, 3.63) is 89.5 Å². The van der Waals surface area contributed by atoms with Crippen LogP contribution >= 0.6 is 0 Å². The van der Waals surface area contributed by atoms with Gasteiger partial charge in [-0.05, 0) is 41.5 Å². The summed E-state index contributed by atoms with van der Waals surface area (Å²) in [5.74, 6) is 1.08. The molecule has 9 heteroatoms. The molecule has 8 nitrogen and oxygen atoms in total. The Balaban J connectivity index is 1.20. The first-order chi connectivity index (χ1) is 17.0. The molecule has 3 aromatic rings. The molecule has 182 valence electrons. The van der Waals surface area contributed by atoms with E-state index in [1.54, 1.807) is 35.2 Å². The summed E-state index contributed by atoms with van der Waals surface area (Å²) in [4.78, 5) is 17.3. The van der Waals surface area contributed by atoms with Crippen LogP contribution < -0.4 is 14.2 Å². The number of hydrogen-bond acceptors (Lipinski definition) is 6. The highest BCUT2D eigenvalue weighted by Crippen LogP contribution is 2.32. The maximum Gasteiger partial charge on any atom is 0.253 e. The average Bonchev–Trinajstić information content (AvgIpc) is 3.36. The van der Waals surface area contributed by atoms with Crippen molar-refractivity contribution in [2.45, 2.75) is 18.0 Å². The van der Waals surface area contributed by atoms with Crippen molar-refractivity contribution in [3.63, 3.8) is 0 Å². The first-order valence-corrected chi connectivity index (χ1v) is 13.0. The summed E-state index contributed by atoms with van der Waals surface area (Å²) in [7, 11) is -3.80. The number of carbonyl (C=O) groups excluding carboxylic acids is 1. The third-order valence-electron chi connectivity index (χ3n) is 6.20. The SMILES string of the molecule is O=C(c1cccc(S(=O)(=O)NCc2ccc3c(c2)OCO3)c1)N1CCN(Cc2ccccc2)CC1. The molecule has 0 bridgehead atoms. The van der Waals surface area contributed by atoms with Crippen LogP contribution in [0.3, 0.4) is 0 Å². The van der Waals surface area contributed by atoms with Gasteiger partial charge in [-0.15, -0.1) is 0 Å². The number of nitrogens with zero attached hydrogens (tertiary/aromatic N) is 2. The Morgan fingerprint density at radius 2 is 1.60 bits per heavy atom. The van der Waals surface area contributed by atoms with Gasteiger partial charge >= 0.3 is 0 Å². The average molecular weight is 494 g/mol. The molecule has 1 saturated heterocycles. The Labute approximate surface area is 205 Å². The van der Waals surface area contributed by atoms with Gasteiger partial charge in [0.05, 0.1) is 4.90 Å². The standard InChI is InChI=1S/C26H27N3O5S/c30-26(29-13-11-28(12-14-29)18-20-5-2-1-3-6-20)22-7-4-8-23(16-22)35(31,32)27-17-21-9-10-24-25(15-21)34-19-33-24/h1-10,15-16,27H,11-14,17-19H2. The number of fused-ring (bicyclic) bond motifs is 1. The van der Waals surface area contributed by atoms with Crippen LogP contribution in [0.4, 0.5) is 0 Å². The monoisotopic (exact) mass is 493 g/mol. The van der Waals surface area contributed by atoms with Crippen molar-refractivity contribution >= 4 is 15.9 Å². The van der Waals surface area contributed by atoms with Crippen molar-refractivity contribution in [1.29, 1.82) is 0 Å². The molecule has 0 aliphatic carbocycles. The predicted octanol–water partition coefficient (Wildman–Crippen LogP) is 2.85. The Kier molecular flexibility index (Phi) is 6.72. The van der Waals surface area contributed by atoms with Crippen molar-refractivity contribution in [2.75, 3.05) is 33.0 Å². The van der Waals surface area contributed by atoms with Crippen LogP contribution in [0.5, 0.6) is 11.5 Å². The molecular weight excluding hydrogens is 466 g/mol. The number of sulfonamides is 1. The second-order valence-corrected chi connectivity index (χ2v) is 10.4. The lowest BCUT2D eigenvalue weighted by Gasteiger charge is -2.34. The van der Waals surface area contributed by atoms with Gasteiger partial charge in [0.1, 0.15) is 0 Å². The molecule has 0 saturated carbocycles. The van der Waals surface area contributed by atoms with Crippen LogP contribution in [-0.4, -0.2) is 57.1 Å². The summed E-state index contributed by atoms with van der Waals surface area (Å²) in [5, 5.41) is 0. The minimum Gasteiger partial charge on any atom is -0.454 e. The van der Waals surface area contributed by atoms with Gasteiger partial charge in [0, 0.05) is 44.8 Å². The number of amides is 1. The lowest BCUT2D eigenvalue weighted by molar-refractivity contribution is 0.0628. The van der Waals surface area contributed by atoms with Crippen LogP contribution in [0.1, 0.15) is 21.5 Å². The summed E-state index contributed by atoms with van der Waals surface area (Å²) >= 11 is 0. The van der Waals surface area contributed by atoms with E-state index in [0.29, 0.717) is 30.2 Å². The molecule has 0 unspecified atom stereocenters. The van der Waals surface area contributed by atoms with Crippen molar-refractivity contribution in [1.82, 2.24) is 14.5 Å². The number of benzene rings is 3. The molecule has 5 rings (SSSR count). The van der Waals surface area contributed by atoms with E-state index in [0.717, 1.165) is 25.2 Å². The highest BCUT2D eigenvalue weighted by atomic mass is 32.2. The first kappa shape index (κ1) is 23.3. The summed E-state index contributed by atoms with van der Waals surface area (Å²) in [6, 6.07) is 21.8. The Morgan fingerprint density at radius 1 is 0.829 bits per heavy atom. The van der Waals surface area contributed by atoms with Gasteiger partial charge in [-0.3, -0.25) is 9.69 Å². The van der Waals surface area contributed by atoms with E-state index >= 15 is 0 Å². The smallest absolute Gasteiger partial charge is 0.253 e. The number of rotatable bonds is 7. The largest absolute Gasteiger partial charge is 0.454 e. The van der Waals surface area contributed by atoms with Gasteiger partial charge < -0.3 is 14.4 Å². The lowest BCUT2D eigenvalue weighted by atomic mass is 10.1. The van der Waals surface area contributed by atoms with Gasteiger partial charge in [-0.1, -0.05) is 42.5 Å². The molecule has 0 aromatic heterocycles. The molecule has 2 aliphatic rings. The quantitative estimate of drug-likeness (QED) is 0.545. The highest BCUT2D eigenvalue weighted by molar-refractivity contribution is 7.89. The summed E-state index contributed by atoms with van der Waals surface area (Å²) in [6.07, 6.45) is 0. The Bertz CT molecular complexity index is 1310. The normalized spacial score (nSPS) is 15.8. The maximum absolute atomic E-state index is 13.1. The zero-order valence-corrected chi connectivity index (χ0v) is 20.0. The van der Waals surface area contributed by atoms with Gasteiger partial charge in [-0.25, -0.2) is 13.1 Å². The molecule has 1 fully saturated rings. The summed E-state index contributed by atoms with van der Waals surface area (Å²) in [6.45, 7) is 3.86. The third kappa shape index (κ3) is 5.48. The second-order valence-electron chi connectivity index (χ2n) is 8.59. The number of piperazine rings is 1. The maximum atomic E-state index is 13.1. The van der Waals surface area contributed by atoms with Crippen molar-refractivity contribution in [3.8, 4) is 11.5 Å². The van der Waals surface area contributed by atoms with Gasteiger partial charge in [-0.2, -0.15) is 0 Å². The van der Waals surface area contributed by atoms with Gasteiger partial charge in [0.15, 0.2) is 11.5 Å². The third-order valence-corrected chi connectivity index (χ3v) is 7.60. The van der Waals surface area contributed by atoms with Crippen LogP contribution in [0.2, 0.25) is 0 Å². The molecule has 3 aromatic carbocycles. The predicted molar refractivity (Wildman–Crippen MR) is 131 cm³/mol. The van der Waals surface area contributed by atoms with Crippen molar-refractivity contribution in [2.24, 2.45) is 0 Å². The van der Waals surface area contributed by atoms with Crippen molar-refractivity contribution < 1.29 is 22.7 Å². The van der Waals surface area contributed by atoms with Gasteiger partial charge in [0.2, 0.25) is 16.8 Å². The van der Waals surface area contributed by atoms with Crippen LogP contribution in [0, 0.1) is 0 Å². The molecular formula is C26H27N3O5S. The lowest BCUT2D eigenvalue weighted by Crippen LogP contribution is -2.48. The topological polar surface area (TPSA) is 88.2 Å². The molecule has 35 heavy (non-hydrogen) atoms. The van der Waals surface area contributed by atoms with Crippen LogP contribution in [0.15, 0.2) is 77.7 Å². The second kappa shape index (κ2) is 10.1. The molecule has 2 aliphatic heterocycles.